The molecule has 2 aliphatic carbocycles. The van der Waals surface area contributed by atoms with Crippen LogP contribution in [0.5, 0.6) is 0 Å². The second-order valence-electron chi connectivity index (χ2n) is 8.96. The van der Waals surface area contributed by atoms with Crippen LogP contribution in [0.15, 0.2) is 83.4 Å². The Morgan fingerprint density at radius 3 is 2.49 bits per heavy atom. The fourth-order valence-electron chi connectivity index (χ4n) is 5.25. The van der Waals surface area contributed by atoms with Gasteiger partial charge in [-0.2, -0.15) is 0 Å². The van der Waals surface area contributed by atoms with Gasteiger partial charge in [0.25, 0.3) is 0 Å². The zero-order valence-corrected chi connectivity index (χ0v) is 20.3. The van der Waals surface area contributed by atoms with Gasteiger partial charge in [-0.15, -0.1) is 22.7 Å². The molecule has 3 aromatic heterocycles. The number of ketones is 2. The Labute approximate surface area is 209 Å². The molecule has 1 saturated carbocycles. The number of Topliss-reactive ketones (excluding diaryl/α,β-unsaturated/α-hetero) is 2. The molecule has 0 N–H and O–H groups in total. The third-order valence-corrected chi connectivity index (χ3v) is 9.28. The van der Waals surface area contributed by atoms with E-state index in [-0.39, 0.29) is 23.4 Å². The molecule has 0 saturated heterocycles. The first-order valence-electron chi connectivity index (χ1n) is 11.7. The first-order valence-corrected chi connectivity index (χ1v) is 13.3. The monoisotopic (exact) mass is 492 g/mol. The van der Waals surface area contributed by atoms with Crippen molar-refractivity contribution in [3.05, 3.63) is 83.3 Å². The number of carbonyl (C=O) groups is 2. The molecule has 0 spiro atoms. The quantitative estimate of drug-likeness (QED) is 0.233. The molecule has 4 nitrogen and oxygen atoms in total. The zero-order chi connectivity index (χ0) is 23.5. The van der Waals surface area contributed by atoms with Crippen LogP contribution in [0.25, 0.3) is 42.6 Å². The highest BCUT2D eigenvalue weighted by Crippen LogP contribution is 2.44. The van der Waals surface area contributed by atoms with E-state index in [1.807, 2.05) is 36.6 Å². The Bertz CT molecular complexity index is 1670. The zero-order valence-electron chi connectivity index (χ0n) is 18.7. The molecule has 170 valence electrons. The standard InChI is InChI=1S/C29H20N2O2S2/c32-27-20-6-1-2-7-21(20)28(33)23(27)15-18-9-10-25(34-18)26-16-22-19-5-3-4-8-24(19)31(29(22)35-26)17-11-13-30-14-12-17/h1-11,13,15-16,20-21H,12,14H2/t20-,21?/m1/s1. The van der Waals surface area contributed by atoms with Crippen molar-refractivity contribution in [2.75, 3.05) is 6.54 Å². The molecular formula is C29H20N2O2S2. The number of allylic oxidation sites excluding steroid dienone is 6. The molecule has 1 aliphatic heterocycles. The third kappa shape index (κ3) is 3.21. The second kappa shape index (κ2) is 7.97. The average Bonchev–Trinajstić information content (AvgIpc) is 3.65. The van der Waals surface area contributed by atoms with Crippen LogP contribution < -0.4 is 0 Å². The number of thiophene rings is 2. The summed E-state index contributed by atoms with van der Waals surface area (Å²) in [6, 6.07) is 14.9. The van der Waals surface area contributed by atoms with Crippen LogP contribution in [0.1, 0.15) is 11.3 Å². The van der Waals surface area contributed by atoms with E-state index in [1.54, 1.807) is 28.7 Å². The van der Waals surface area contributed by atoms with Crippen molar-refractivity contribution < 1.29 is 9.59 Å². The summed E-state index contributed by atoms with van der Waals surface area (Å²) in [6.07, 6.45) is 14.1. The number of aromatic nitrogens is 1. The number of hydrogen-bond acceptors (Lipinski definition) is 5. The maximum Gasteiger partial charge on any atom is 0.174 e. The molecule has 2 atom stereocenters. The molecule has 1 aromatic carbocycles. The highest BCUT2D eigenvalue weighted by molar-refractivity contribution is 7.26. The van der Waals surface area contributed by atoms with Crippen LogP contribution in [0.2, 0.25) is 0 Å². The molecule has 4 heterocycles. The smallest absolute Gasteiger partial charge is 0.174 e. The lowest BCUT2D eigenvalue weighted by molar-refractivity contribution is -0.117. The van der Waals surface area contributed by atoms with Gasteiger partial charge in [-0.1, -0.05) is 42.5 Å². The van der Waals surface area contributed by atoms with E-state index in [1.165, 1.54) is 31.7 Å². The van der Waals surface area contributed by atoms with Gasteiger partial charge in [-0.25, -0.2) is 0 Å². The van der Waals surface area contributed by atoms with Crippen molar-refractivity contribution in [2.24, 2.45) is 16.8 Å². The Kier molecular flexibility index (Phi) is 4.72. The summed E-state index contributed by atoms with van der Waals surface area (Å²) < 4.78 is 2.37. The van der Waals surface area contributed by atoms with Crippen molar-refractivity contribution in [2.45, 2.75) is 6.42 Å². The summed E-state index contributed by atoms with van der Waals surface area (Å²) in [4.78, 5) is 34.5. The summed E-state index contributed by atoms with van der Waals surface area (Å²) >= 11 is 3.41. The van der Waals surface area contributed by atoms with E-state index in [9.17, 15) is 9.59 Å². The summed E-state index contributed by atoms with van der Waals surface area (Å²) in [5.41, 5.74) is 2.81. The molecule has 3 aliphatic rings. The van der Waals surface area contributed by atoms with Crippen LogP contribution >= 0.6 is 22.7 Å². The number of rotatable bonds is 3. The molecule has 6 heteroatoms. The largest absolute Gasteiger partial charge is 0.304 e. The number of hydrogen-bond donors (Lipinski definition) is 0. The molecule has 35 heavy (non-hydrogen) atoms. The molecule has 1 unspecified atom stereocenters. The van der Waals surface area contributed by atoms with E-state index < -0.39 is 0 Å². The van der Waals surface area contributed by atoms with Crippen LogP contribution in [-0.4, -0.2) is 28.9 Å². The predicted molar refractivity (Wildman–Crippen MR) is 146 cm³/mol. The van der Waals surface area contributed by atoms with Gasteiger partial charge in [0, 0.05) is 50.3 Å². The maximum absolute atomic E-state index is 12.8. The van der Waals surface area contributed by atoms with Crippen LogP contribution in [0.4, 0.5) is 0 Å². The predicted octanol–water partition coefficient (Wildman–Crippen LogP) is 6.79. The van der Waals surface area contributed by atoms with Gasteiger partial charge in [-0.05, 0) is 36.4 Å². The minimum Gasteiger partial charge on any atom is -0.304 e. The van der Waals surface area contributed by atoms with Gasteiger partial charge in [0.15, 0.2) is 11.6 Å². The third-order valence-electron chi connectivity index (χ3n) is 6.93. The maximum atomic E-state index is 12.8. The Morgan fingerprint density at radius 2 is 1.71 bits per heavy atom. The number of fused-ring (bicyclic) bond motifs is 4. The lowest BCUT2D eigenvalue weighted by Crippen LogP contribution is -2.14. The summed E-state index contributed by atoms with van der Waals surface area (Å²) in [5, 5.41) is 2.50. The Morgan fingerprint density at radius 1 is 0.914 bits per heavy atom. The minimum atomic E-state index is -0.344. The van der Waals surface area contributed by atoms with Crippen molar-refractivity contribution in [3.63, 3.8) is 0 Å². The van der Waals surface area contributed by atoms with Gasteiger partial charge in [0.05, 0.1) is 22.9 Å². The lowest BCUT2D eigenvalue weighted by atomic mass is 9.91. The minimum absolute atomic E-state index is 0.0674. The second-order valence-corrected chi connectivity index (χ2v) is 11.1. The normalized spacial score (nSPS) is 22.6. The molecule has 4 aromatic rings. The molecule has 0 radical (unpaired) electrons. The van der Waals surface area contributed by atoms with Crippen molar-refractivity contribution in [1.29, 1.82) is 0 Å². The number of dihydropyridines is 1. The summed E-state index contributed by atoms with van der Waals surface area (Å²) in [5.74, 6) is -0.823. The first kappa shape index (κ1) is 20.7. The molecule has 0 amide bonds. The number of para-hydroxylation sites is 1. The molecular weight excluding hydrogens is 472 g/mol. The van der Waals surface area contributed by atoms with Gasteiger partial charge >= 0.3 is 0 Å². The van der Waals surface area contributed by atoms with E-state index in [0.29, 0.717) is 5.57 Å². The van der Waals surface area contributed by atoms with Crippen molar-refractivity contribution >= 4 is 73.3 Å². The van der Waals surface area contributed by atoms with E-state index in [2.05, 4.69) is 52.0 Å². The fraction of sp³-hybridized carbons (Fsp3) is 0.138. The number of carbonyl (C=O) groups excluding carboxylic acids is 2. The topological polar surface area (TPSA) is 51.4 Å². The van der Waals surface area contributed by atoms with Gasteiger partial charge in [0.1, 0.15) is 4.83 Å². The van der Waals surface area contributed by atoms with Crippen LogP contribution in [0.3, 0.4) is 0 Å². The fourth-order valence-corrected chi connectivity index (χ4v) is 7.50. The van der Waals surface area contributed by atoms with Crippen LogP contribution in [-0.2, 0) is 9.59 Å². The number of benzene rings is 1. The Hall–Kier alpha value is -3.61. The van der Waals surface area contributed by atoms with E-state index >= 15 is 0 Å². The Balaban J connectivity index is 1.30. The highest BCUT2D eigenvalue weighted by Gasteiger charge is 2.43. The van der Waals surface area contributed by atoms with Crippen molar-refractivity contribution in [1.82, 2.24) is 4.57 Å². The van der Waals surface area contributed by atoms with Gasteiger partial charge < -0.3 is 4.57 Å². The molecule has 7 rings (SSSR count). The average molecular weight is 493 g/mol. The van der Waals surface area contributed by atoms with Gasteiger partial charge in [0.2, 0.25) is 0 Å². The highest BCUT2D eigenvalue weighted by atomic mass is 32.1. The van der Waals surface area contributed by atoms with Gasteiger partial charge in [-0.3, -0.25) is 14.6 Å². The van der Waals surface area contributed by atoms with Crippen molar-refractivity contribution in [3.8, 4) is 9.75 Å². The SMILES string of the molecule is O=C1C(=Cc2ccc(-c3cc4c5ccccc5n(C5=CC=NCC5)c4s3)s2)C(=O)[C@@H]2C=CC=CC12. The number of nitrogens with zero attached hydrogens (tertiary/aromatic N) is 2. The number of aliphatic imine (C=N–C) groups is 1. The molecule has 1 fully saturated rings. The van der Waals surface area contributed by atoms with E-state index in [0.717, 1.165) is 22.7 Å². The summed E-state index contributed by atoms with van der Waals surface area (Å²) in [6.45, 7) is 0.811. The lowest BCUT2D eigenvalue weighted by Gasteiger charge is -2.12. The van der Waals surface area contributed by atoms with E-state index in [4.69, 9.17) is 0 Å². The molecule has 0 bridgehead atoms. The summed E-state index contributed by atoms with van der Waals surface area (Å²) in [7, 11) is 0. The first-order chi connectivity index (χ1) is 17.2. The van der Waals surface area contributed by atoms with Crippen LogP contribution in [0, 0.1) is 11.8 Å².